The molecule has 0 bridgehead atoms. The summed E-state index contributed by atoms with van der Waals surface area (Å²) in [6.07, 6.45) is 7.12. The van der Waals surface area contributed by atoms with Crippen LogP contribution in [-0.2, 0) is 14.4 Å². The van der Waals surface area contributed by atoms with E-state index in [2.05, 4.69) is 10.6 Å². The summed E-state index contributed by atoms with van der Waals surface area (Å²) in [5.41, 5.74) is -0.796. The lowest BCUT2D eigenvalue weighted by Crippen LogP contribution is -2.62. The van der Waals surface area contributed by atoms with E-state index in [-0.39, 0.29) is 17.7 Å². The second-order valence-corrected chi connectivity index (χ2v) is 6.70. The van der Waals surface area contributed by atoms with Gasteiger partial charge in [0.15, 0.2) is 0 Å². The van der Waals surface area contributed by atoms with E-state index in [1.54, 1.807) is 19.0 Å². The van der Waals surface area contributed by atoms with E-state index >= 15 is 0 Å². The highest BCUT2D eigenvalue weighted by atomic mass is 16.2. The van der Waals surface area contributed by atoms with Crippen LogP contribution in [-0.4, -0.2) is 48.3 Å². The van der Waals surface area contributed by atoms with Gasteiger partial charge in [-0.25, -0.2) is 0 Å². The van der Waals surface area contributed by atoms with Crippen molar-refractivity contribution in [3.8, 4) is 0 Å². The molecule has 2 rings (SSSR count). The van der Waals surface area contributed by atoms with Crippen molar-refractivity contribution in [3.63, 3.8) is 0 Å². The first-order valence-corrected chi connectivity index (χ1v) is 8.28. The fraction of sp³-hybridized carbons (Fsp3) is 0.812. The molecule has 1 heterocycles. The third-order valence-corrected chi connectivity index (χ3v) is 4.68. The number of nitrogens with zero attached hydrogens (tertiary/aromatic N) is 1. The van der Waals surface area contributed by atoms with E-state index in [9.17, 15) is 14.4 Å². The molecule has 0 aromatic carbocycles. The fourth-order valence-corrected chi connectivity index (χ4v) is 3.47. The second kappa shape index (κ2) is 7.11. The third-order valence-electron chi connectivity index (χ3n) is 4.68. The highest BCUT2D eigenvalue weighted by molar-refractivity contribution is 5.94. The quantitative estimate of drug-likeness (QED) is 0.815. The van der Waals surface area contributed by atoms with E-state index in [0.717, 1.165) is 32.1 Å². The monoisotopic (exact) mass is 309 g/mol. The van der Waals surface area contributed by atoms with Crippen LogP contribution in [0.3, 0.4) is 0 Å². The Labute approximate surface area is 132 Å². The van der Waals surface area contributed by atoms with Crippen molar-refractivity contribution in [2.45, 2.75) is 69.4 Å². The van der Waals surface area contributed by atoms with Crippen LogP contribution >= 0.6 is 0 Å². The number of likely N-dealkylation sites (N-methyl/N-ethyl adjacent to an activating group) is 1. The van der Waals surface area contributed by atoms with Crippen molar-refractivity contribution < 1.29 is 14.4 Å². The normalized spacial score (nSPS) is 24.8. The predicted octanol–water partition coefficient (Wildman–Crippen LogP) is 0.952. The van der Waals surface area contributed by atoms with Crippen molar-refractivity contribution >= 4 is 17.7 Å². The van der Waals surface area contributed by atoms with Crippen molar-refractivity contribution in [2.75, 3.05) is 14.1 Å². The maximum atomic E-state index is 12.6. The number of amides is 3. The van der Waals surface area contributed by atoms with Crippen LogP contribution in [0.25, 0.3) is 0 Å². The highest BCUT2D eigenvalue weighted by Crippen LogP contribution is 2.30. The van der Waals surface area contributed by atoms with Gasteiger partial charge in [-0.2, -0.15) is 0 Å². The molecule has 3 amide bonds. The molecule has 1 saturated heterocycles. The van der Waals surface area contributed by atoms with Gasteiger partial charge in [-0.05, 0) is 25.7 Å². The molecule has 6 nitrogen and oxygen atoms in total. The number of carbonyl (C=O) groups is 3. The van der Waals surface area contributed by atoms with Crippen molar-refractivity contribution in [2.24, 2.45) is 0 Å². The molecule has 22 heavy (non-hydrogen) atoms. The van der Waals surface area contributed by atoms with Crippen LogP contribution in [0.5, 0.6) is 0 Å². The molecule has 1 aliphatic carbocycles. The molecule has 1 saturated carbocycles. The summed E-state index contributed by atoms with van der Waals surface area (Å²) < 4.78 is 0. The molecule has 2 N–H and O–H groups in total. The first kappa shape index (κ1) is 16.8. The van der Waals surface area contributed by atoms with Crippen molar-refractivity contribution in [3.05, 3.63) is 0 Å². The van der Waals surface area contributed by atoms with Gasteiger partial charge in [0.2, 0.25) is 17.7 Å². The lowest BCUT2D eigenvalue weighted by atomic mass is 9.80. The summed E-state index contributed by atoms with van der Waals surface area (Å²) in [4.78, 5) is 38.4. The SMILES string of the molecule is CN(C)C(=O)C1(NC(=O)C2CCCCC(=O)N2)CCCCC1. The Balaban J connectivity index is 2.10. The van der Waals surface area contributed by atoms with Gasteiger partial charge in [0.25, 0.3) is 0 Å². The molecule has 124 valence electrons. The van der Waals surface area contributed by atoms with Crippen molar-refractivity contribution in [1.82, 2.24) is 15.5 Å². The van der Waals surface area contributed by atoms with Gasteiger partial charge in [0, 0.05) is 20.5 Å². The van der Waals surface area contributed by atoms with Crippen LogP contribution in [0.15, 0.2) is 0 Å². The molecule has 2 fully saturated rings. The maximum Gasteiger partial charge on any atom is 0.247 e. The average Bonchev–Trinajstić information content (AvgIpc) is 2.72. The molecule has 0 spiro atoms. The van der Waals surface area contributed by atoms with Crippen LogP contribution in [0.2, 0.25) is 0 Å². The van der Waals surface area contributed by atoms with Gasteiger partial charge in [0.05, 0.1) is 0 Å². The van der Waals surface area contributed by atoms with E-state index in [4.69, 9.17) is 0 Å². The van der Waals surface area contributed by atoms with Gasteiger partial charge >= 0.3 is 0 Å². The second-order valence-electron chi connectivity index (χ2n) is 6.70. The lowest BCUT2D eigenvalue weighted by Gasteiger charge is -2.39. The van der Waals surface area contributed by atoms with Crippen LogP contribution in [0, 0.1) is 0 Å². The van der Waals surface area contributed by atoms with Crippen molar-refractivity contribution in [1.29, 1.82) is 0 Å². The van der Waals surface area contributed by atoms with Gasteiger partial charge in [-0.1, -0.05) is 25.7 Å². The molecule has 0 aromatic heterocycles. The molecule has 1 unspecified atom stereocenters. The lowest BCUT2D eigenvalue weighted by molar-refractivity contribution is -0.142. The van der Waals surface area contributed by atoms with Crippen LogP contribution in [0.1, 0.15) is 57.8 Å². The smallest absolute Gasteiger partial charge is 0.247 e. The highest BCUT2D eigenvalue weighted by Gasteiger charge is 2.43. The molecular weight excluding hydrogens is 282 g/mol. The number of carbonyl (C=O) groups excluding carboxylic acids is 3. The molecule has 2 aliphatic rings. The number of nitrogens with one attached hydrogen (secondary N) is 2. The maximum absolute atomic E-state index is 12.6. The molecule has 1 atom stereocenters. The Bertz CT molecular complexity index is 442. The number of rotatable bonds is 3. The summed E-state index contributed by atoms with van der Waals surface area (Å²) in [7, 11) is 3.44. The fourth-order valence-electron chi connectivity index (χ4n) is 3.47. The van der Waals surface area contributed by atoms with Gasteiger partial charge in [0.1, 0.15) is 11.6 Å². The summed E-state index contributed by atoms with van der Waals surface area (Å²) in [5.74, 6) is -0.331. The standard InChI is InChI=1S/C16H27N3O3/c1-19(2)15(22)16(10-6-3-7-11-16)18-14(21)12-8-4-5-9-13(20)17-12/h12H,3-11H2,1-2H3,(H,17,20)(H,18,21). The molecule has 1 aliphatic heterocycles. The molecular formula is C16H27N3O3. The van der Waals surface area contributed by atoms with Gasteiger partial charge < -0.3 is 15.5 Å². The minimum Gasteiger partial charge on any atom is -0.347 e. The summed E-state index contributed by atoms with van der Waals surface area (Å²) in [6, 6.07) is -0.510. The Hall–Kier alpha value is -1.59. The summed E-state index contributed by atoms with van der Waals surface area (Å²) in [6.45, 7) is 0. The summed E-state index contributed by atoms with van der Waals surface area (Å²) >= 11 is 0. The Morgan fingerprint density at radius 3 is 2.45 bits per heavy atom. The van der Waals surface area contributed by atoms with E-state index in [0.29, 0.717) is 25.7 Å². The zero-order valence-electron chi connectivity index (χ0n) is 13.6. The van der Waals surface area contributed by atoms with Gasteiger partial charge in [-0.3, -0.25) is 14.4 Å². The minimum absolute atomic E-state index is 0.0412. The van der Waals surface area contributed by atoms with E-state index in [1.165, 1.54) is 0 Å². The molecule has 0 radical (unpaired) electrons. The number of hydrogen-bond donors (Lipinski definition) is 2. The first-order valence-electron chi connectivity index (χ1n) is 8.28. The van der Waals surface area contributed by atoms with Crippen LogP contribution in [0.4, 0.5) is 0 Å². The Morgan fingerprint density at radius 1 is 1.14 bits per heavy atom. The minimum atomic E-state index is -0.796. The zero-order chi connectivity index (χ0) is 16.2. The molecule has 6 heteroatoms. The summed E-state index contributed by atoms with van der Waals surface area (Å²) in [5, 5.41) is 5.76. The first-order chi connectivity index (χ1) is 10.4. The van der Waals surface area contributed by atoms with Crippen LogP contribution < -0.4 is 10.6 Å². The number of hydrogen-bond acceptors (Lipinski definition) is 3. The largest absolute Gasteiger partial charge is 0.347 e. The van der Waals surface area contributed by atoms with Gasteiger partial charge in [-0.15, -0.1) is 0 Å². The molecule has 0 aromatic rings. The topological polar surface area (TPSA) is 78.5 Å². The average molecular weight is 309 g/mol. The Morgan fingerprint density at radius 2 is 1.82 bits per heavy atom. The Kier molecular flexibility index (Phi) is 5.42. The predicted molar refractivity (Wildman–Crippen MR) is 83.1 cm³/mol. The third kappa shape index (κ3) is 3.78. The zero-order valence-corrected chi connectivity index (χ0v) is 13.6. The van der Waals surface area contributed by atoms with E-state index in [1.807, 2.05) is 0 Å². The van der Waals surface area contributed by atoms with E-state index < -0.39 is 11.6 Å².